The van der Waals surface area contributed by atoms with E-state index < -0.39 is 43.3 Å². The summed E-state index contributed by atoms with van der Waals surface area (Å²) in [5, 5.41) is 35.3. The molecule has 0 spiro atoms. The summed E-state index contributed by atoms with van der Waals surface area (Å²) < 4.78 is 5.87. The molecule has 0 aliphatic carbocycles. The Labute approximate surface area is 350 Å². The third-order valence-electron chi connectivity index (χ3n) is 10.9. The summed E-state index contributed by atoms with van der Waals surface area (Å²) in [6, 6.07) is 7.53. The van der Waals surface area contributed by atoms with Crippen LogP contribution in [0.4, 0.5) is 0 Å². The summed E-state index contributed by atoms with van der Waals surface area (Å²) in [6.45, 7) is 35.1. The second kappa shape index (κ2) is 19.2. The molecule has 0 aromatic heterocycles. The van der Waals surface area contributed by atoms with Crippen LogP contribution in [0.3, 0.4) is 0 Å². The first-order valence-corrected chi connectivity index (χ1v) is 22.9. The summed E-state index contributed by atoms with van der Waals surface area (Å²) in [5.74, 6) is -1.62. The number of esters is 1. The number of rotatable bonds is 18. The van der Waals surface area contributed by atoms with Gasteiger partial charge >= 0.3 is 11.9 Å². The summed E-state index contributed by atoms with van der Waals surface area (Å²) in [6.07, 6.45) is 5.97. The van der Waals surface area contributed by atoms with Gasteiger partial charge in [-0.25, -0.2) is 0 Å². The van der Waals surface area contributed by atoms with Gasteiger partial charge < -0.3 is 20.1 Å². The van der Waals surface area contributed by atoms with E-state index in [2.05, 4.69) is 27.7 Å². The Morgan fingerprint density at radius 1 is 0.589 bits per heavy atom. The molecule has 6 nitrogen and oxygen atoms in total. The van der Waals surface area contributed by atoms with E-state index in [1.165, 1.54) is 0 Å². The van der Waals surface area contributed by atoms with Gasteiger partial charge in [-0.1, -0.05) is 155 Å². The topological polar surface area (TPSA) is 104 Å². The second-order valence-electron chi connectivity index (χ2n) is 20.1. The summed E-state index contributed by atoms with van der Waals surface area (Å²) in [4.78, 5) is 29.7. The van der Waals surface area contributed by atoms with Gasteiger partial charge in [-0.15, -0.1) is 23.5 Å². The molecule has 2 rings (SSSR count). The maximum absolute atomic E-state index is 15.5. The molecule has 2 unspecified atom stereocenters. The predicted octanol–water partition coefficient (Wildman–Crippen LogP) is 13.4. The highest BCUT2D eigenvalue weighted by atomic mass is 32.2. The van der Waals surface area contributed by atoms with Crippen molar-refractivity contribution in [3.63, 3.8) is 0 Å². The van der Waals surface area contributed by atoms with Gasteiger partial charge in [-0.3, -0.25) is 9.59 Å². The summed E-state index contributed by atoms with van der Waals surface area (Å²) in [7, 11) is 0. The molecule has 0 heterocycles. The molecule has 0 radical (unpaired) electrons. The van der Waals surface area contributed by atoms with E-state index in [0.29, 0.717) is 39.8 Å². The first-order chi connectivity index (χ1) is 25.5. The van der Waals surface area contributed by atoms with Crippen molar-refractivity contribution in [3.05, 3.63) is 57.6 Å². The molecule has 0 aliphatic heterocycles. The molecule has 2 aromatic carbocycles. The first kappa shape index (κ1) is 49.8. The lowest BCUT2D eigenvalue weighted by molar-refractivity contribution is -0.171. The number of carboxylic acids is 1. The number of aromatic hydroxyl groups is 2. The van der Waals surface area contributed by atoms with E-state index in [1.54, 1.807) is 23.5 Å². The molecule has 0 saturated carbocycles. The van der Waals surface area contributed by atoms with E-state index in [0.717, 1.165) is 38.5 Å². The number of phenolic OH excluding ortho intramolecular Hbond substituents is 2. The molecule has 3 N–H and O–H groups in total. The van der Waals surface area contributed by atoms with Gasteiger partial charge in [-0.05, 0) is 93.6 Å². The smallest absolute Gasteiger partial charge is 0.326 e. The third-order valence-corrected chi connectivity index (χ3v) is 14.7. The van der Waals surface area contributed by atoms with Crippen molar-refractivity contribution in [2.75, 3.05) is 0 Å². The van der Waals surface area contributed by atoms with Crippen molar-refractivity contribution in [1.29, 1.82) is 0 Å². The quantitative estimate of drug-likeness (QED) is 0.0776. The fraction of sp³-hybridized carbons (Fsp3) is 0.708. The highest BCUT2D eigenvalue weighted by Crippen LogP contribution is 2.51. The fourth-order valence-corrected chi connectivity index (χ4v) is 11.1. The maximum atomic E-state index is 15.5. The number of carboxylic acid groups (broad SMARTS) is 1. The number of aliphatic carboxylic acids is 1. The average molecular weight is 815 g/mol. The number of hydrogen-bond acceptors (Lipinski definition) is 7. The van der Waals surface area contributed by atoms with Crippen molar-refractivity contribution in [2.24, 2.45) is 5.41 Å². The molecule has 0 amide bonds. The van der Waals surface area contributed by atoms with Gasteiger partial charge in [0.15, 0.2) is 5.41 Å². The Hall–Kier alpha value is -2.32. The lowest BCUT2D eigenvalue weighted by Gasteiger charge is -2.40. The van der Waals surface area contributed by atoms with E-state index >= 15 is 4.79 Å². The number of ether oxygens (including phenoxy) is 1. The number of hydrogen-bond donors (Lipinski definition) is 3. The number of carbonyl (C=O) groups is 2. The Morgan fingerprint density at radius 3 is 1.11 bits per heavy atom. The summed E-state index contributed by atoms with van der Waals surface area (Å²) >= 11 is 3.38. The van der Waals surface area contributed by atoms with E-state index in [1.807, 2.05) is 114 Å². The zero-order valence-electron chi connectivity index (χ0n) is 38.2. The van der Waals surface area contributed by atoms with Gasteiger partial charge in [0.2, 0.25) is 4.27 Å². The van der Waals surface area contributed by atoms with Crippen LogP contribution in [0.15, 0.2) is 24.3 Å². The van der Waals surface area contributed by atoms with Crippen molar-refractivity contribution in [3.8, 4) is 11.5 Å². The van der Waals surface area contributed by atoms with Crippen molar-refractivity contribution >= 4 is 35.5 Å². The Balaban J connectivity index is 3.12. The standard InChI is InChI=1S/C48H78O6S2/c1-18-23-33(20-3)55-48(22-5,56-34(21-4)24-19-2)54-42(53)47(41(51)52,29-31-25-35(43(6,7)8)39(49)36(26-31)44(9,10)11)30-32-27-37(45(12,13)14)40(50)38(28-32)46(15,16)17/h25-28,33-34,49-50H,18-24,29-30H2,1-17H3,(H,51,52). The first-order valence-electron chi connectivity index (χ1n) is 21.1. The molecular weight excluding hydrogens is 737 g/mol. The monoisotopic (exact) mass is 815 g/mol. The number of benzene rings is 2. The SMILES string of the molecule is CCCC(CC)SC(CC)(OC(=O)C(Cc1cc(C(C)(C)C)c(O)c(C(C)(C)C)c1)(Cc1cc(C(C)(C)C)c(O)c(C(C)(C)C)c1)C(=O)O)SC(CC)CCC. The second-order valence-corrected chi connectivity index (χ2v) is 23.5. The predicted molar refractivity (Wildman–Crippen MR) is 241 cm³/mol. The highest BCUT2D eigenvalue weighted by molar-refractivity contribution is 8.18. The number of phenols is 2. The van der Waals surface area contributed by atoms with Crippen LogP contribution in [-0.4, -0.2) is 42.0 Å². The van der Waals surface area contributed by atoms with Crippen molar-refractivity contribution < 1.29 is 29.6 Å². The van der Waals surface area contributed by atoms with Crippen molar-refractivity contribution in [1.82, 2.24) is 0 Å². The average Bonchev–Trinajstić information content (AvgIpc) is 3.06. The van der Waals surface area contributed by atoms with Crippen LogP contribution in [0, 0.1) is 5.41 Å². The van der Waals surface area contributed by atoms with Crippen LogP contribution in [0.1, 0.15) is 196 Å². The zero-order chi connectivity index (χ0) is 43.2. The van der Waals surface area contributed by atoms with Crippen molar-refractivity contribution in [2.45, 2.75) is 212 Å². The van der Waals surface area contributed by atoms with Crippen LogP contribution in [0.2, 0.25) is 0 Å². The van der Waals surface area contributed by atoms with E-state index in [4.69, 9.17) is 4.74 Å². The maximum Gasteiger partial charge on any atom is 0.326 e. The van der Waals surface area contributed by atoms with Gasteiger partial charge in [0, 0.05) is 16.9 Å². The molecular formula is C48H78O6S2. The Morgan fingerprint density at radius 2 is 0.893 bits per heavy atom. The minimum Gasteiger partial charge on any atom is -0.507 e. The Bertz CT molecular complexity index is 1460. The fourth-order valence-electron chi connectivity index (χ4n) is 7.42. The van der Waals surface area contributed by atoms with E-state index in [-0.39, 0.29) is 34.8 Å². The minimum absolute atomic E-state index is 0.141. The normalized spacial score (nSPS) is 15.3. The van der Waals surface area contributed by atoms with Crippen LogP contribution in [0.5, 0.6) is 11.5 Å². The van der Waals surface area contributed by atoms with Crippen LogP contribution in [-0.2, 0) is 48.8 Å². The minimum atomic E-state index is -2.04. The van der Waals surface area contributed by atoms with Crippen LogP contribution in [0.25, 0.3) is 0 Å². The molecule has 318 valence electrons. The number of thioether (sulfide) groups is 2. The molecule has 2 aromatic rings. The molecule has 56 heavy (non-hydrogen) atoms. The van der Waals surface area contributed by atoms with Crippen LogP contribution < -0.4 is 0 Å². The molecule has 0 bridgehead atoms. The van der Waals surface area contributed by atoms with Gasteiger partial charge in [-0.2, -0.15) is 0 Å². The zero-order valence-corrected chi connectivity index (χ0v) is 39.8. The van der Waals surface area contributed by atoms with Crippen LogP contribution >= 0.6 is 23.5 Å². The summed E-state index contributed by atoms with van der Waals surface area (Å²) in [5.41, 5.74) is 0.238. The molecule has 0 fully saturated rings. The lowest BCUT2D eigenvalue weighted by Crippen LogP contribution is -2.48. The Kier molecular flexibility index (Phi) is 17.1. The van der Waals surface area contributed by atoms with Gasteiger partial charge in [0.05, 0.1) is 0 Å². The van der Waals surface area contributed by atoms with E-state index in [9.17, 15) is 20.1 Å². The molecule has 8 heteroatoms. The third kappa shape index (κ3) is 12.3. The largest absolute Gasteiger partial charge is 0.507 e. The molecule has 2 atom stereocenters. The molecule has 0 saturated heterocycles. The molecule has 0 aliphatic rings. The highest BCUT2D eigenvalue weighted by Gasteiger charge is 2.52. The van der Waals surface area contributed by atoms with Gasteiger partial charge in [0.25, 0.3) is 0 Å². The van der Waals surface area contributed by atoms with Gasteiger partial charge in [0.1, 0.15) is 11.5 Å². The lowest BCUT2D eigenvalue weighted by atomic mass is 9.71. The number of carbonyl (C=O) groups excluding carboxylic acids is 1.